The number of likely N-dealkylation sites (tertiary alicyclic amines) is 1. The van der Waals surface area contributed by atoms with Gasteiger partial charge in [-0.05, 0) is 32.2 Å². The molecule has 2 aliphatic rings. The Balaban J connectivity index is 2.13. The van der Waals surface area contributed by atoms with Gasteiger partial charge in [0.15, 0.2) is 0 Å². The summed E-state index contributed by atoms with van der Waals surface area (Å²) in [7, 11) is 2.19. The van der Waals surface area contributed by atoms with Crippen molar-refractivity contribution < 1.29 is 9.53 Å². The summed E-state index contributed by atoms with van der Waals surface area (Å²) < 4.78 is 5.79. The number of nitrogens with zero attached hydrogens (tertiary/aromatic N) is 2. The van der Waals surface area contributed by atoms with Crippen LogP contribution in [0.3, 0.4) is 0 Å². The topological polar surface area (TPSA) is 32.8 Å². The van der Waals surface area contributed by atoms with Crippen molar-refractivity contribution in [1.29, 1.82) is 0 Å². The van der Waals surface area contributed by atoms with E-state index in [1.54, 1.807) is 6.92 Å². The normalized spacial score (nSPS) is 37.4. The second-order valence-corrected chi connectivity index (χ2v) is 6.24. The molecule has 4 heteroatoms. The number of hydrogen-bond acceptors (Lipinski definition) is 3. The average Bonchev–Trinajstić information content (AvgIpc) is 2.38. The second kappa shape index (κ2) is 6.23. The highest BCUT2D eigenvalue weighted by atomic mass is 16.5. The first-order chi connectivity index (χ1) is 9.04. The minimum atomic E-state index is 0.212. The zero-order chi connectivity index (χ0) is 14.0. The molecule has 0 aliphatic carbocycles. The Morgan fingerprint density at radius 1 is 1.32 bits per heavy atom. The Kier molecular flexibility index (Phi) is 4.85. The van der Waals surface area contributed by atoms with Crippen LogP contribution in [0.4, 0.5) is 0 Å². The fourth-order valence-corrected chi connectivity index (χ4v) is 3.56. The zero-order valence-corrected chi connectivity index (χ0v) is 12.8. The van der Waals surface area contributed by atoms with E-state index in [4.69, 9.17) is 4.74 Å². The predicted molar refractivity (Wildman–Crippen MR) is 76.0 cm³/mol. The van der Waals surface area contributed by atoms with Crippen LogP contribution < -0.4 is 0 Å². The molecule has 2 fully saturated rings. The average molecular weight is 268 g/mol. The summed E-state index contributed by atoms with van der Waals surface area (Å²) in [5, 5.41) is 0. The summed E-state index contributed by atoms with van der Waals surface area (Å²) in [6.45, 7) is 8.69. The lowest BCUT2D eigenvalue weighted by Gasteiger charge is -2.49. The Labute approximate surface area is 117 Å². The van der Waals surface area contributed by atoms with Gasteiger partial charge in [0.2, 0.25) is 5.91 Å². The number of ether oxygens (including phenoxy) is 1. The van der Waals surface area contributed by atoms with Gasteiger partial charge in [0.1, 0.15) is 0 Å². The summed E-state index contributed by atoms with van der Waals surface area (Å²) in [4.78, 5) is 16.4. The van der Waals surface area contributed by atoms with Crippen molar-refractivity contribution >= 4 is 5.91 Å². The second-order valence-electron chi connectivity index (χ2n) is 6.24. The van der Waals surface area contributed by atoms with Crippen LogP contribution >= 0.6 is 0 Å². The molecule has 0 spiro atoms. The van der Waals surface area contributed by atoms with E-state index in [9.17, 15) is 4.79 Å². The summed E-state index contributed by atoms with van der Waals surface area (Å²) in [5.74, 6) is 0.917. The Bertz CT molecular complexity index is 321. The van der Waals surface area contributed by atoms with Crippen molar-refractivity contribution in [3.05, 3.63) is 0 Å². The lowest BCUT2D eigenvalue weighted by molar-refractivity contribution is -0.139. The maximum Gasteiger partial charge on any atom is 0.219 e. The molecule has 4 atom stereocenters. The maximum atomic E-state index is 11.9. The van der Waals surface area contributed by atoms with Crippen LogP contribution in [0.15, 0.2) is 0 Å². The monoisotopic (exact) mass is 268 g/mol. The van der Waals surface area contributed by atoms with E-state index in [2.05, 4.69) is 30.7 Å². The lowest BCUT2D eigenvalue weighted by atomic mass is 9.87. The molecule has 0 aromatic heterocycles. The van der Waals surface area contributed by atoms with Crippen LogP contribution in [0.2, 0.25) is 0 Å². The van der Waals surface area contributed by atoms with Crippen LogP contribution in [0.1, 0.15) is 40.0 Å². The first-order valence-corrected chi connectivity index (χ1v) is 7.61. The Morgan fingerprint density at radius 3 is 2.68 bits per heavy atom. The van der Waals surface area contributed by atoms with Crippen LogP contribution in [0, 0.1) is 5.92 Å². The van der Waals surface area contributed by atoms with Gasteiger partial charge in [-0.1, -0.05) is 13.8 Å². The molecule has 2 heterocycles. The van der Waals surface area contributed by atoms with Crippen molar-refractivity contribution in [2.24, 2.45) is 5.92 Å². The molecule has 0 radical (unpaired) electrons. The van der Waals surface area contributed by atoms with Gasteiger partial charge in [-0.25, -0.2) is 0 Å². The molecule has 4 nitrogen and oxygen atoms in total. The van der Waals surface area contributed by atoms with E-state index < -0.39 is 0 Å². The summed E-state index contributed by atoms with van der Waals surface area (Å²) in [6, 6.07) is 1.16. The summed E-state index contributed by atoms with van der Waals surface area (Å²) >= 11 is 0. The number of piperidine rings is 1. The van der Waals surface area contributed by atoms with Crippen molar-refractivity contribution in [3.63, 3.8) is 0 Å². The highest BCUT2D eigenvalue weighted by Gasteiger charge is 2.39. The van der Waals surface area contributed by atoms with E-state index in [0.717, 1.165) is 39.0 Å². The van der Waals surface area contributed by atoms with Gasteiger partial charge in [-0.2, -0.15) is 0 Å². The molecule has 0 saturated carbocycles. The predicted octanol–water partition coefficient (Wildman–Crippen LogP) is 1.74. The highest BCUT2D eigenvalue weighted by Crippen LogP contribution is 2.29. The quantitative estimate of drug-likeness (QED) is 0.765. The molecule has 2 aliphatic heterocycles. The first-order valence-electron chi connectivity index (χ1n) is 7.61. The fraction of sp³-hybridized carbons (Fsp3) is 0.933. The standard InChI is InChI=1S/C15H28N2O2/c1-5-13-9-19-10-15(16(13)4)14-8-11(2)6-7-17(14)12(3)18/h11,13-15H,5-10H2,1-4H3. The largest absolute Gasteiger partial charge is 0.378 e. The van der Waals surface area contributed by atoms with Crippen molar-refractivity contribution in [3.8, 4) is 0 Å². The molecule has 0 aromatic rings. The molecule has 19 heavy (non-hydrogen) atoms. The van der Waals surface area contributed by atoms with Crippen molar-refractivity contribution in [2.75, 3.05) is 26.8 Å². The number of carbonyl (C=O) groups excluding carboxylic acids is 1. The molecule has 2 saturated heterocycles. The molecule has 0 bridgehead atoms. The van der Waals surface area contributed by atoms with Gasteiger partial charge < -0.3 is 9.64 Å². The fourth-order valence-electron chi connectivity index (χ4n) is 3.56. The molecule has 1 amide bonds. The van der Waals surface area contributed by atoms with Crippen LogP contribution in [0.25, 0.3) is 0 Å². The molecule has 0 N–H and O–H groups in total. The number of likely N-dealkylation sites (N-methyl/N-ethyl adjacent to an activating group) is 1. The summed E-state index contributed by atoms with van der Waals surface area (Å²) in [5.41, 5.74) is 0. The zero-order valence-electron chi connectivity index (χ0n) is 12.8. The van der Waals surface area contributed by atoms with Gasteiger partial charge in [-0.15, -0.1) is 0 Å². The smallest absolute Gasteiger partial charge is 0.219 e. The Morgan fingerprint density at radius 2 is 2.05 bits per heavy atom. The van der Waals surface area contributed by atoms with Crippen molar-refractivity contribution in [2.45, 2.75) is 58.2 Å². The number of rotatable bonds is 2. The number of morpholine rings is 1. The van der Waals surface area contributed by atoms with Crippen molar-refractivity contribution in [1.82, 2.24) is 9.80 Å². The van der Waals surface area contributed by atoms with Crippen LogP contribution in [-0.2, 0) is 9.53 Å². The molecule has 110 valence electrons. The lowest BCUT2D eigenvalue weighted by Crippen LogP contribution is -2.61. The van der Waals surface area contributed by atoms with Gasteiger partial charge in [0.05, 0.1) is 19.3 Å². The van der Waals surface area contributed by atoms with Gasteiger partial charge in [0, 0.05) is 25.6 Å². The van der Waals surface area contributed by atoms with Gasteiger partial charge in [0.25, 0.3) is 0 Å². The van der Waals surface area contributed by atoms with E-state index >= 15 is 0 Å². The Hall–Kier alpha value is -0.610. The SMILES string of the molecule is CCC1COCC(C2CC(C)CCN2C(C)=O)N1C. The van der Waals surface area contributed by atoms with E-state index in [0.29, 0.717) is 24.0 Å². The molecule has 0 aromatic carbocycles. The third kappa shape index (κ3) is 3.11. The van der Waals surface area contributed by atoms with Gasteiger partial charge >= 0.3 is 0 Å². The number of carbonyl (C=O) groups is 1. The maximum absolute atomic E-state index is 11.9. The molecule has 4 unspecified atom stereocenters. The number of hydrogen-bond donors (Lipinski definition) is 0. The highest BCUT2D eigenvalue weighted by molar-refractivity contribution is 5.73. The molecular weight excluding hydrogens is 240 g/mol. The summed E-state index contributed by atoms with van der Waals surface area (Å²) in [6.07, 6.45) is 3.34. The first kappa shape index (κ1) is 14.8. The molecule has 2 rings (SSSR count). The third-order valence-corrected chi connectivity index (χ3v) is 4.92. The van der Waals surface area contributed by atoms with E-state index in [1.165, 1.54) is 0 Å². The minimum absolute atomic E-state index is 0.212. The van der Waals surface area contributed by atoms with Crippen LogP contribution in [0.5, 0.6) is 0 Å². The van der Waals surface area contributed by atoms with Gasteiger partial charge in [-0.3, -0.25) is 9.69 Å². The molecular formula is C15H28N2O2. The van der Waals surface area contributed by atoms with Crippen LogP contribution in [-0.4, -0.2) is 60.6 Å². The number of amides is 1. The third-order valence-electron chi connectivity index (χ3n) is 4.92. The van der Waals surface area contributed by atoms with E-state index in [-0.39, 0.29) is 5.91 Å². The van der Waals surface area contributed by atoms with E-state index in [1.807, 2.05) is 0 Å². The minimum Gasteiger partial charge on any atom is -0.378 e.